The number of hydrogen-bond donors (Lipinski definition) is 1. The standard InChI is InChI=1S/C11H13ClN2O2/c12-9-1-2-10(13-7-9)14-11(15)8-3-5-16-6-4-8/h1-2,7-8H,3-6H2,(H,13,14,15). The number of aromatic nitrogens is 1. The number of nitrogens with one attached hydrogen (secondary N) is 1. The zero-order chi connectivity index (χ0) is 11.4. The molecule has 1 aromatic rings. The van der Waals surface area contributed by atoms with Gasteiger partial charge in [0.1, 0.15) is 5.82 Å². The van der Waals surface area contributed by atoms with E-state index in [2.05, 4.69) is 10.3 Å². The topological polar surface area (TPSA) is 51.2 Å². The number of carbonyl (C=O) groups excluding carboxylic acids is 1. The first-order chi connectivity index (χ1) is 7.75. The van der Waals surface area contributed by atoms with Gasteiger partial charge in [0.2, 0.25) is 5.91 Å². The largest absolute Gasteiger partial charge is 0.381 e. The van der Waals surface area contributed by atoms with Crippen LogP contribution in [0.15, 0.2) is 18.3 Å². The van der Waals surface area contributed by atoms with Crippen LogP contribution >= 0.6 is 11.6 Å². The average Bonchev–Trinajstić information content (AvgIpc) is 2.33. The van der Waals surface area contributed by atoms with Gasteiger partial charge >= 0.3 is 0 Å². The Morgan fingerprint density at radius 1 is 1.44 bits per heavy atom. The van der Waals surface area contributed by atoms with E-state index in [4.69, 9.17) is 16.3 Å². The second kappa shape index (κ2) is 5.27. The van der Waals surface area contributed by atoms with Crippen LogP contribution in [0.2, 0.25) is 5.02 Å². The lowest BCUT2D eigenvalue weighted by molar-refractivity contribution is -0.122. The van der Waals surface area contributed by atoms with Crippen LogP contribution in [0.3, 0.4) is 0 Å². The maximum atomic E-state index is 11.8. The Hall–Kier alpha value is -1.13. The second-order valence-electron chi connectivity index (χ2n) is 3.74. The molecule has 86 valence electrons. The van der Waals surface area contributed by atoms with Crippen LogP contribution in [0, 0.1) is 5.92 Å². The number of amides is 1. The Kier molecular flexibility index (Phi) is 3.74. The number of ether oxygens (including phenoxy) is 1. The first-order valence-electron chi connectivity index (χ1n) is 5.26. The molecule has 5 heteroatoms. The van der Waals surface area contributed by atoms with Gasteiger partial charge in [-0.25, -0.2) is 4.98 Å². The van der Waals surface area contributed by atoms with Gasteiger partial charge < -0.3 is 10.1 Å². The lowest BCUT2D eigenvalue weighted by Crippen LogP contribution is -2.28. The van der Waals surface area contributed by atoms with Gasteiger partial charge in [0, 0.05) is 25.3 Å². The second-order valence-corrected chi connectivity index (χ2v) is 4.17. The van der Waals surface area contributed by atoms with Crippen molar-refractivity contribution in [2.45, 2.75) is 12.8 Å². The van der Waals surface area contributed by atoms with Crippen molar-refractivity contribution in [2.24, 2.45) is 5.92 Å². The summed E-state index contributed by atoms with van der Waals surface area (Å²) in [7, 11) is 0. The molecule has 16 heavy (non-hydrogen) atoms. The minimum atomic E-state index is 0.0122. The van der Waals surface area contributed by atoms with E-state index in [0.717, 1.165) is 12.8 Å². The Labute approximate surface area is 99.0 Å². The van der Waals surface area contributed by atoms with Crippen LogP contribution in [0.4, 0.5) is 5.82 Å². The monoisotopic (exact) mass is 240 g/mol. The summed E-state index contributed by atoms with van der Waals surface area (Å²) in [6, 6.07) is 3.40. The van der Waals surface area contributed by atoms with E-state index in [1.54, 1.807) is 12.1 Å². The van der Waals surface area contributed by atoms with Gasteiger partial charge in [-0.3, -0.25) is 4.79 Å². The highest BCUT2D eigenvalue weighted by Gasteiger charge is 2.21. The molecule has 2 rings (SSSR count). The SMILES string of the molecule is O=C(Nc1ccc(Cl)cn1)C1CCOCC1. The quantitative estimate of drug-likeness (QED) is 0.861. The molecule has 0 unspecified atom stereocenters. The lowest BCUT2D eigenvalue weighted by Gasteiger charge is -2.20. The maximum Gasteiger partial charge on any atom is 0.228 e. The molecular formula is C11H13ClN2O2. The van der Waals surface area contributed by atoms with Gasteiger partial charge in [-0.05, 0) is 25.0 Å². The fourth-order valence-electron chi connectivity index (χ4n) is 1.64. The summed E-state index contributed by atoms with van der Waals surface area (Å²) in [5.74, 6) is 0.588. The van der Waals surface area contributed by atoms with Crippen molar-refractivity contribution >= 4 is 23.3 Å². The van der Waals surface area contributed by atoms with Crippen molar-refractivity contribution in [3.05, 3.63) is 23.4 Å². The Morgan fingerprint density at radius 3 is 2.81 bits per heavy atom. The molecule has 0 aromatic carbocycles. The molecule has 0 saturated carbocycles. The summed E-state index contributed by atoms with van der Waals surface area (Å²) in [4.78, 5) is 15.8. The van der Waals surface area contributed by atoms with Crippen molar-refractivity contribution in [1.82, 2.24) is 4.98 Å². The third-order valence-electron chi connectivity index (χ3n) is 2.57. The molecule has 1 aromatic heterocycles. The van der Waals surface area contributed by atoms with Crippen molar-refractivity contribution in [2.75, 3.05) is 18.5 Å². The minimum absolute atomic E-state index is 0.0122. The predicted octanol–water partition coefficient (Wildman–Crippen LogP) is 2.10. The van der Waals surface area contributed by atoms with Crippen molar-refractivity contribution in [3.63, 3.8) is 0 Å². The average molecular weight is 241 g/mol. The van der Waals surface area contributed by atoms with Gasteiger partial charge in [0.05, 0.1) is 5.02 Å². The molecular weight excluding hydrogens is 228 g/mol. The minimum Gasteiger partial charge on any atom is -0.381 e. The summed E-state index contributed by atoms with van der Waals surface area (Å²) >= 11 is 5.71. The van der Waals surface area contributed by atoms with E-state index in [-0.39, 0.29) is 11.8 Å². The van der Waals surface area contributed by atoms with Crippen LogP contribution in [0.1, 0.15) is 12.8 Å². The van der Waals surface area contributed by atoms with Gasteiger partial charge in [-0.2, -0.15) is 0 Å². The van der Waals surface area contributed by atoms with E-state index >= 15 is 0 Å². The molecule has 0 bridgehead atoms. The summed E-state index contributed by atoms with van der Waals surface area (Å²) < 4.78 is 5.20. The molecule has 0 radical (unpaired) electrons. The first-order valence-corrected chi connectivity index (χ1v) is 5.63. The van der Waals surface area contributed by atoms with Crippen LogP contribution in [-0.2, 0) is 9.53 Å². The Morgan fingerprint density at radius 2 is 2.19 bits per heavy atom. The number of carbonyl (C=O) groups is 1. The molecule has 1 aliphatic heterocycles. The van der Waals surface area contributed by atoms with Gasteiger partial charge in [-0.1, -0.05) is 11.6 Å². The highest BCUT2D eigenvalue weighted by atomic mass is 35.5. The van der Waals surface area contributed by atoms with Crippen LogP contribution < -0.4 is 5.32 Å². The van der Waals surface area contributed by atoms with Gasteiger partial charge in [0.15, 0.2) is 0 Å². The number of halogens is 1. The lowest BCUT2D eigenvalue weighted by atomic mass is 9.99. The molecule has 1 amide bonds. The number of nitrogens with zero attached hydrogens (tertiary/aromatic N) is 1. The molecule has 0 spiro atoms. The zero-order valence-corrected chi connectivity index (χ0v) is 9.54. The number of pyridine rings is 1. The maximum absolute atomic E-state index is 11.8. The number of rotatable bonds is 2. The van der Waals surface area contributed by atoms with Crippen LogP contribution in [0.25, 0.3) is 0 Å². The Bertz CT molecular complexity index is 361. The normalized spacial score (nSPS) is 17.1. The molecule has 1 fully saturated rings. The highest BCUT2D eigenvalue weighted by molar-refractivity contribution is 6.30. The molecule has 1 aliphatic rings. The van der Waals surface area contributed by atoms with Gasteiger partial charge in [0.25, 0.3) is 0 Å². The Balaban J connectivity index is 1.93. The highest BCUT2D eigenvalue weighted by Crippen LogP contribution is 2.17. The third-order valence-corrected chi connectivity index (χ3v) is 2.79. The summed E-state index contributed by atoms with van der Waals surface area (Å²) in [6.45, 7) is 1.32. The number of anilines is 1. The van der Waals surface area contributed by atoms with Crippen LogP contribution in [-0.4, -0.2) is 24.1 Å². The molecule has 1 saturated heterocycles. The predicted molar refractivity (Wildman–Crippen MR) is 61.4 cm³/mol. The molecule has 1 N–H and O–H groups in total. The van der Waals surface area contributed by atoms with E-state index < -0.39 is 0 Å². The third kappa shape index (κ3) is 2.93. The van der Waals surface area contributed by atoms with Crippen molar-refractivity contribution < 1.29 is 9.53 Å². The van der Waals surface area contributed by atoms with E-state index in [0.29, 0.717) is 24.1 Å². The van der Waals surface area contributed by atoms with Crippen molar-refractivity contribution in [3.8, 4) is 0 Å². The number of hydrogen-bond acceptors (Lipinski definition) is 3. The smallest absolute Gasteiger partial charge is 0.228 e. The fourth-order valence-corrected chi connectivity index (χ4v) is 1.75. The molecule has 2 heterocycles. The van der Waals surface area contributed by atoms with Crippen molar-refractivity contribution in [1.29, 1.82) is 0 Å². The fraction of sp³-hybridized carbons (Fsp3) is 0.455. The first kappa shape index (κ1) is 11.4. The zero-order valence-electron chi connectivity index (χ0n) is 8.78. The van der Waals surface area contributed by atoms with E-state index in [1.165, 1.54) is 6.20 Å². The van der Waals surface area contributed by atoms with Crippen LogP contribution in [0.5, 0.6) is 0 Å². The van der Waals surface area contributed by atoms with E-state index in [9.17, 15) is 4.79 Å². The van der Waals surface area contributed by atoms with E-state index in [1.807, 2.05) is 0 Å². The summed E-state index contributed by atoms with van der Waals surface area (Å²) in [5.41, 5.74) is 0. The van der Waals surface area contributed by atoms with Gasteiger partial charge in [-0.15, -0.1) is 0 Å². The molecule has 4 nitrogen and oxygen atoms in total. The molecule has 0 aliphatic carbocycles. The summed E-state index contributed by atoms with van der Waals surface area (Å²) in [5, 5.41) is 3.33. The molecule has 0 atom stereocenters. The summed E-state index contributed by atoms with van der Waals surface area (Å²) in [6.07, 6.45) is 3.07.